The lowest BCUT2D eigenvalue weighted by Crippen LogP contribution is -2.41. The summed E-state index contributed by atoms with van der Waals surface area (Å²) in [6, 6.07) is 22.7. The van der Waals surface area contributed by atoms with E-state index in [1.807, 2.05) is 18.2 Å². The molecule has 0 N–H and O–H groups in total. The zero-order valence-corrected chi connectivity index (χ0v) is 26.3. The number of nitrogens with zero attached hydrogens (tertiary/aromatic N) is 2. The third-order valence-corrected chi connectivity index (χ3v) is 9.42. The number of likely N-dealkylation sites (tertiary alicyclic amines) is 2. The molecule has 3 aliphatic heterocycles. The third kappa shape index (κ3) is 7.21. The fraction of sp³-hybridized carbons (Fsp3) is 0.447. The minimum atomic E-state index is -0.128. The van der Waals surface area contributed by atoms with Crippen LogP contribution in [0.3, 0.4) is 0 Å². The number of benzene rings is 3. The summed E-state index contributed by atoms with van der Waals surface area (Å²) < 4.78 is 23.7. The quantitative estimate of drug-likeness (QED) is 0.124. The average Bonchev–Trinajstić information content (AvgIpc) is 3.38. The molecule has 0 bridgehead atoms. The number of carbonyl (C=O) groups excluding carboxylic acids is 1. The van der Waals surface area contributed by atoms with Gasteiger partial charge in [-0.2, -0.15) is 0 Å². The number of carbonyl (C=O) groups is 1. The van der Waals surface area contributed by atoms with Crippen molar-refractivity contribution in [1.82, 2.24) is 9.80 Å². The van der Waals surface area contributed by atoms with Crippen LogP contribution in [0.1, 0.15) is 68.6 Å². The van der Waals surface area contributed by atoms with Crippen LogP contribution >= 0.6 is 0 Å². The summed E-state index contributed by atoms with van der Waals surface area (Å²) in [5, 5.41) is 0. The Morgan fingerprint density at radius 2 is 1.31 bits per heavy atom. The molecule has 0 unspecified atom stereocenters. The van der Waals surface area contributed by atoms with Crippen LogP contribution in [0.4, 0.5) is 0 Å². The molecule has 0 aromatic heterocycles. The van der Waals surface area contributed by atoms with E-state index >= 15 is 0 Å². The van der Waals surface area contributed by atoms with Gasteiger partial charge in [0.25, 0.3) is 0 Å². The predicted octanol–water partition coefficient (Wildman–Crippen LogP) is 7.04. The van der Waals surface area contributed by atoms with Gasteiger partial charge in [-0.1, -0.05) is 37.3 Å². The molecule has 7 heteroatoms. The molecule has 0 atom stereocenters. The van der Waals surface area contributed by atoms with Crippen molar-refractivity contribution in [1.29, 1.82) is 0 Å². The monoisotopic (exact) mass is 608 g/mol. The van der Waals surface area contributed by atoms with E-state index in [1.54, 1.807) is 0 Å². The number of hydrogen-bond donors (Lipinski definition) is 0. The zero-order chi connectivity index (χ0) is 30.6. The Balaban J connectivity index is 1.18. The van der Waals surface area contributed by atoms with Crippen LogP contribution in [0.5, 0.6) is 23.0 Å². The van der Waals surface area contributed by atoms with E-state index in [1.165, 1.54) is 57.4 Å². The van der Waals surface area contributed by atoms with Crippen molar-refractivity contribution in [3.63, 3.8) is 0 Å². The summed E-state index contributed by atoms with van der Waals surface area (Å²) >= 11 is 0. The lowest BCUT2D eigenvalue weighted by molar-refractivity contribution is -0.135. The molecule has 7 rings (SSSR count). The highest BCUT2D eigenvalue weighted by molar-refractivity contribution is 5.99. The smallest absolute Gasteiger partial charge is 0.314 e. The minimum Gasteiger partial charge on any atom is -0.488 e. The van der Waals surface area contributed by atoms with Crippen LogP contribution in [0.2, 0.25) is 0 Å². The second-order valence-corrected chi connectivity index (χ2v) is 12.8. The van der Waals surface area contributed by atoms with Crippen LogP contribution < -0.4 is 18.9 Å². The van der Waals surface area contributed by atoms with E-state index in [-0.39, 0.29) is 24.8 Å². The Morgan fingerprint density at radius 3 is 1.89 bits per heavy atom. The van der Waals surface area contributed by atoms with Crippen LogP contribution in [0, 0.1) is 5.92 Å². The minimum absolute atomic E-state index is 0.0591. The van der Waals surface area contributed by atoms with Gasteiger partial charge in [-0.25, -0.2) is 0 Å². The molecular formula is C38H44N2O5. The molecule has 3 aromatic rings. The second kappa shape index (κ2) is 13.7. The third-order valence-electron chi connectivity index (χ3n) is 9.42. The molecule has 1 aliphatic carbocycles. The molecule has 3 fully saturated rings. The summed E-state index contributed by atoms with van der Waals surface area (Å²) in [7, 11) is 0. The van der Waals surface area contributed by atoms with Gasteiger partial charge in [0.05, 0.1) is 5.92 Å². The maximum Gasteiger partial charge on any atom is 0.314 e. The first-order valence-electron chi connectivity index (χ1n) is 16.8. The van der Waals surface area contributed by atoms with Crippen LogP contribution in [0.15, 0.2) is 66.7 Å². The highest BCUT2D eigenvalue weighted by Crippen LogP contribution is 2.40. The highest BCUT2D eigenvalue weighted by Gasteiger charge is 2.31. The average molecular weight is 609 g/mol. The van der Waals surface area contributed by atoms with E-state index in [9.17, 15) is 4.79 Å². The van der Waals surface area contributed by atoms with Crippen molar-refractivity contribution in [2.24, 2.45) is 5.92 Å². The van der Waals surface area contributed by atoms with Gasteiger partial charge in [0.2, 0.25) is 6.79 Å². The molecule has 45 heavy (non-hydrogen) atoms. The van der Waals surface area contributed by atoms with Crippen LogP contribution in [-0.4, -0.2) is 67.9 Å². The number of rotatable bonds is 12. The summed E-state index contributed by atoms with van der Waals surface area (Å²) in [6.07, 6.45) is 7.96. The first-order chi connectivity index (χ1) is 22.1. The van der Waals surface area contributed by atoms with Gasteiger partial charge in [-0.05, 0) is 135 Å². The number of esters is 1. The van der Waals surface area contributed by atoms with E-state index in [0.29, 0.717) is 5.75 Å². The lowest BCUT2D eigenvalue weighted by Gasteiger charge is -2.28. The second-order valence-electron chi connectivity index (χ2n) is 12.8. The zero-order valence-electron chi connectivity index (χ0n) is 26.3. The van der Waals surface area contributed by atoms with Gasteiger partial charge < -0.3 is 18.9 Å². The number of hydrogen-bond acceptors (Lipinski definition) is 7. The number of allylic oxidation sites excluding steroid dienone is 1. The molecule has 0 spiro atoms. The summed E-state index contributed by atoms with van der Waals surface area (Å²) in [6.45, 7) is 9.07. The SMILES string of the molecule is CCC(=C(c1ccc(OC(=O)C2CC2)cc1)c1ccc(OC(CN2CCCC2)CN2CCCC2)cc1)c1ccc2c(c1)OCO2. The Bertz CT molecular complexity index is 1480. The van der Waals surface area contributed by atoms with Crippen molar-refractivity contribution in [3.05, 3.63) is 83.4 Å². The van der Waals surface area contributed by atoms with Gasteiger partial charge in [-0.15, -0.1) is 0 Å². The normalized spacial score (nSPS) is 18.8. The molecule has 3 heterocycles. The summed E-state index contributed by atoms with van der Waals surface area (Å²) in [5.41, 5.74) is 5.59. The van der Waals surface area contributed by atoms with E-state index < -0.39 is 0 Å². The Hall–Kier alpha value is -3.81. The molecular weight excluding hydrogens is 564 g/mol. The summed E-state index contributed by atoms with van der Waals surface area (Å²) in [5.74, 6) is 2.97. The molecule has 7 nitrogen and oxygen atoms in total. The Kier molecular flexibility index (Phi) is 9.08. The highest BCUT2D eigenvalue weighted by atomic mass is 16.7. The number of fused-ring (bicyclic) bond motifs is 1. The standard InChI is InChI=1S/C38H44N2O5/c1-2-34(30-13-18-35-36(23-30)43-26-42-35)37(28-11-16-32(17-12-28)45-38(41)29-7-8-29)27-9-14-31(15-10-27)44-33(24-39-19-3-4-20-39)25-40-21-5-6-22-40/h9-18,23,29,33H,2-8,19-22,24-26H2,1H3. The van der Waals surface area contributed by atoms with Crippen molar-refractivity contribution in [2.75, 3.05) is 46.1 Å². The maximum atomic E-state index is 12.3. The summed E-state index contributed by atoms with van der Waals surface area (Å²) in [4.78, 5) is 17.4. The Morgan fingerprint density at radius 1 is 0.756 bits per heavy atom. The van der Waals surface area contributed by atoms with Gasteiger partial charge in [0, 0.05) is 13.1 Å². The van der Waals surface area contributed by atoms with Crippen molar-refractivity contribution in [2.45, 2.75) is 58.0 Å². The first kappa shape index (κ1) is 29.9. The van der Waals surface area contributed by atoms with Gasteiger partial charge in [-0.3, -0.25) is 14.6 Å². The lowest BCUT2D eigenvalue weighted by atomic mass is 9.88. The molecule has 236 valence electrons. The molecule has 0 amide bonds. The van der Waals surface area contributed by atoms with E-state index in [0.717, 1.165) is 71.9 Å². The van der Waals surface area contributed by atoms with Crippen molar-refractivity contribution in [3.8, 4) is 23.0 Å². The predicted molar refractivity (Wildman–Crippen MR) is 176 cm³/mol. The molecule has 4 aliphatic rings. The molecule has 3 aromatic carbocycles. The van der Waals surface area contributed by atoms with Gasteiger partial charge in [0.15, 0.2) is 11.5 Å². The molecule has 2 saturated heterocycles. The molecule has 1 saturated carbocycles. The van der Waals surface area contributed by atoms with Crippen LogP contribution in [-0.2, 0) is 4.79 Å². The largest absolute Gasteiger partial charge is 0.488 e. The fourth-order valence-corrected chi connectivity index (χ4v) is 6.86. The Labute approximate surface area is 266 Å². The van der Waals surface area contributed by atoms with E-state index in [4.69, 9.17) is 18.9 Å². The van der Waals surface area contributed by atoms with Crippen LogP contribution in [0.25, 0.3) is 11.1 Å². The number of ether oxygens (including phenoxy) is 4. The van der Waals surface area contributed by atoms with E-state index in [2.05, 4.69) is 65.3 Å². The van der Waals surface area contributed by atoms with Crippen molar-refractivity contribution >= 4 is 17.1 Å². The topological polar surface area (TPSA) is 60.5 Å². The van der Waals surface area contributed by atoms with Gasteiger partial charge in [0.1, 0.15) is 17.6 Å². The van der Waals surface area contributed by atoms with Crippen molar-refractivity contribution < 1.29 is 23.7 Å². The maximum absolute atomic E-state index is 12.3. The molecule has 0 radical (unpaired) electrons. The fourth-order valence-electron chi connectivity index (χ4n) is 6.86. The van der Waals surface area contributed by atoms with Gasteiger partial charge >= 0.3 is 5.97 Å². The first-order valence-corrected chi connectivity index (χ1v) is 16.8.